The average molecular weight is 235 g/mol. The SMILES string of the molecule is Cn1cnc(Oc2ccc(C#N)c(Cl)c2)n1. The number of aryl methyl sites for hydroxylation is 1. The summed E-state index contributed by atoms with van der Waals surface area (Å²) in [6, 6.07) is 6.98. The number of benzene rings is 1. The normalized spacial score (nSPS) is 9.81. The van der Waals surface area contributed by atoms with Crippen molar-refractivity contribution in [3.8, 4) is 17.8 Å². The molecule has 0 fully saturated rings. The molecule has 0 N–H and O–H groups in total. The van der Waals surface area contributed by atoms with Crippen LogP contribution in [0, 0.1) is 11.3 Å². The lowest BCUT2D eigenvalue weighted by Crippen LogP contribution is -1.90. The zero-order chi connectivity index (χ0) is 11.5. The summed E-state index contributed by atoms with van der Waals surface area (Å²) < 4.78 is 6.87. The van der Waals surface area contributed by atoms with Gasteiger partial charge in [0, 0.05) is 13.1 Å². The third-order valence-electron chi connectivity index (χ3n) is 1.85. The maximum absolute atomic E-state index is 8.70. The van der Waals surface area contributed by atoms with Gasteiger partial charge in [-0.15, -0.1) is 5.10 Å². The molecule has 6 heteroatoms. The van der Waals surface area contributed by atoms with Gasteiger partial charge in [-0.2, -0.15) is 10.2 Å². The van der Waals surface area contributed by atoms with Gasteiger partial charge < -0.3 is 4.74 Å². The molecule has 0 aliphatic heterocycles. The van der Waals surface area contributed by atoms with Crippen LogP contribution in [-0.2, 0) is 7.05 Å². The molecule has 0 saturated heterocycles. The Hall–Kier alpha value is -2.06. The Kier molecular flexibility index (Phi) is 2.75. The van der Waals surface area contributed by atoms with E-state index in [1.165, 1.54) is 11.0 Å². The van der Waals surface area contributed by atoms with Crippen molar-refractivity contribution in [2.24, 2.45) is 7.05 Å². The van der Waals surface area contributed by atoms with Crippen molar-refractivity contribution >= 4 is 11.6 Å². The zero-order valence-electron chi connectivity index (χ0n) is 8.38. The Morgan fingerprint density at radius 1 is 1.50 bits per heavy atom. The molecule has 2 aromatic rings. The molecule has 2 rings (SSSR count). The second-order valence-electron chi connectivity index (χ2n) is 3.06. The Morgan fingerprint density at radius 2 is 2.31 bits per heavy atom. The number of ether oxygens (including phenoxy) is 1. The summed E-state index contributed by atoms with van der Waals surface area (Å²) in [5.74, 6) is 0.496. The van der Waals surface area contributed by atoms with E-state index in [0.717, 1.165) is 0 Å². The number of aromatic nitrogens is 3. The topological polar surface area (TPSA) is 63.7 Å². The highest BCUT2D eigenvalue weighted by atomic mass is 35.5. The molecule has 16 heavy (non-hydrogen) atoms. The van der Waals surface area contributed by atoms with E-state index in [0.29, 0.717) is 16.3 Å². The lowest BCUT2D eigenvalue weighted by atomic mass is 10.2. The highest BCUT2D eigenvalue weighted by Gasteiger charge is 2.05. The van der Waals surface area contributed by atoms with Gasteiger partial charge in [-0.05, 0) is 12.1 Å². The summed E-state index contributed by atoms with van der Waals surface area (Å²) in [6.07, 6.45) is 1.53. The van der Waals surface area contributed by atoms with Gasteiger partial charge in [-0.1, -0.05) is 11.6 Å². The maximum Gasteiger partial charge on any atom is 0.340 e. The van der Waals surface area contributed by atoms with Gasteiger partial charge in [0.1, 0.15) is 18.1 Å². The van der Waals surface area contributed by atoms with Crippen molar-refractivity contribution < 1.29 is 4.74 Å². The highest BCUT2D eigenvalue weighted by Crippen LogP contribution is 2.24. The van der Waals surface area contributed by atoms with Crippen molar-refractivity contribution in [1.82, 2.24) is 14.8 Å². The average Bonchev–Trinajstić information content (AvgIpc) is 2.64. The third kappa shape index (κ3) is 2.12. The van der Waals surface area contributed by atoms with Crippen LogP contribution >= 0.6 is 11.6 Å². The molecule has 5 nitrogen and oxygen atoms in total. The predicted octanol–water partition coefficient (Wildman–Crippen LogP) is 2.13. The van der Waals surface area contributed by atoms with E-state index in [4.69, 9.17) is 21.6 Å². The standard InChI is InChI=1S/C10H7ClN4O/c1-15-6-13-10(14-15)16-8-3-2-7(5-12)9(11)4-8/h2-4,6H,1H3. The molecule has 0 aliphatic carbocycles. The van der Waals surface area contributed by atoms with Crippen molar-refractivity contribution in [2.75, 3.05) is 0 Å². The smallest absolute Gasteiger partial charge is 0.340 e. The lowest BCUT2D eigenvalue weighted by molar-refractivity contribution is 0.439. The van der Waals surface area contributed by atoms with Gasteiger partial charge in [-0.3, -0.25) is 4.68 Å². The quantitative estimate of drug-likeness (QED) is 0.799. The first-order chi connectivity index (χ1) is 7.69. The van der Waals surface area contributed by atoms with Crippen molar-refractivity contribution in [3.05, 3.63) is 35.1 Å². The molecule has 0 aliphatic rings. The Bertz CT molecular complexity index is 558. The summed E-state index contributed by atoms with van der Waals surface area (Å²) in [5.41, 5.74) is 0.406. The van der Waals surface area contributed by atoms with Gasteiger partial charge >= 0.3 is 6.01 Å². The minimum Gasteiger partial charge on any atom is -0.423 e. The number of halogens is 1. The summed E-state index contributed by atoms with van der Waals surface area (Å²) in [5, 5.41) is 13.0. The predicted molar refractivity (Wildman–Crippen MR) is 57.2 cm³/mol. The van der Waals surface area contributed by atoms with Gasteiger partial charge in [-0.25, -0.2) is 0 Å². The van der Waals surface area contributed by atoms with Gasteiger partial charge in [0.2, 0.25) is 0 Å². The molecule has 0 radical (unpaired) electrons. The van der Waals surface area contributed by atoms with Crippen molar-refractivity contribution in [1.29, 1.82) is 5.26 Å². The second kappa shape index (κ2) is 4.21. The Balaban J connectivity index is 2.23. The monoisotopic (exact) mass is 234 g/mol. The fraction of sp³-hybridized carbons (Fsp3) is 0.100. The molecule has 0 spiro atoms. The number of nitrogens with zero attached hydrogens (tertiary/aromatic N) is 4. The van der Waals surface area contributed by atoms with Crippen LogP contribution < -0.4 is 4.74 Å². The van der Waals surface area contributed by atoms with Crippen LogP contribution in [0.2, 0.25) is 5.02 Å². The van der Waals surface area contributed by atoms with Gasteiger partial charge in [0.15, 0.2) is 0 Å². The first-order valence-electron chi connectivity index (χ1n) is 4.42. The highest BCUT2D eigenvalue weighted by molar-refractivity contribution is 6.31. The Morgan fingerprint density at radius 3 is 2.88 bits per heavy atom. The number of hydrogen-bond donors (Lipinski definition) is 0. The van der Waals surface area contributed by atoms with Crippen molar-refractivity contribution in [3.63, 3.8) is 0 Å². The lowest BCUT2D eigenvalue weighted by Gasteiger charge is -2.01. The molecule has 0 saturated carbocycles. The molecule has 0 amide bonds. The first kappa shape index (κ1) is 10.5. The maximum atomic E-state index is 8.70. The summed E-state index contributed by atoms with van der Waals surface area (Å²) >= 11 is 5.85. The zero-order valence-corrected chi connectivity index (χ0v) is 9.14. The molecule has 1 heterocycles. The van der Waals surface area contributed by atoms with Crippen LogP contribution in [0.4, 0.5) is 0 Å². The van der Waals surface area contributed by atoms with E-state index in [9.17, 15) is 0 Å². The molecule has 1 aromatic carbocycles. The molecule has 1 aromatic heterocycles. The Labute approximate surface area is 96.9 Å². The van der Waals surface area contributed by atoms with E-state index in [1.54, 1.807) is 25.2 Å². The van der Waals surface area contributed by atoms with Gasteiger partial charge in [0.05, 0.1) is 10.6 Å². The van der Waals surface area contributed by atoms with E-state index in [-0.39, 0.29) is 6.01 Å². The van der Waals surface area contributed by atoms with Crippen LogP contribution in [0.3, 0.4) is 0 Å². The minimum atomic E-state index is 0.239. The fourth-order valence-electron chi connectivity index (χ4n) is 1.12. The first-order valence-corrected chi connectivity index (χ1v) is 4.80. The molecular weight excluding hydrogens is 228 g/mol. The second-order valence-corrected chi connectivity index (χ2v) is 3.46. The number of hydrogen-bond acceptors (Lipinski definition) is 4. The summed E-state index contributed by atoms with van der Waals surface area (Å²) in [7, 11) is 1.74. The minimum absolute atomic E-state index is 0.239. The number of nitriles is 1. The third-order valence-corrected chi connectivity index (χ3v) is 2.16. The van der Waals surface area contributed by atoms with E-state index >= 15 is 0 Å². The summed E-state index contributed by atoms with van der Waals surface area (Å²) in [4.78, 5) is 3.90. The van der Waals surface area contributed by atoms with E-state index in [2.05, 4.69) is 10.1 Å². The molecular formula is C10H7ClN4O. The van der Waals surface area contributed by atoms with E-state index in [1.807, 2.05) is 6.07 Å². The fourth-order valence-corrected chi connectivity index (χ4v) is 1.33. The van der Waals surface area contributed by atoms with Crippen LogP contribution in [0.15, 0.2) is 24.5 Å². The van der Waals surface area contributed by atoms with Crippen LogP contribution in [-0.4, -0.2) is 14.8 Å². The van der Waals surface area contributed by atoms with Crippen LogP contribution in [0.5, 0.6) is 11.8 Å². The number of rotatable bonds is 2. The van der Waals surface area contributed by atoms with Crippen LogP contribution in [0.25, 0.3) is 0 Å². The largest absolute Gasteiger partial charge is 0.423 e. The molecule has 0 atom stereocenters. The summed E-state index contributed by atoms with van der Waals surface area (Å²) in [6.45, 7) is 0. The van der Waals surface area contributed by atoms with Gasteiger partial charge in [0.25, 0.3) is 0 Å². The van der Waals surface area contributed by atoms with Crippen LogP contribution in [0.1, 0.15) is 5.56 Å². The van der Waals surface area contributed by atoms with Crippen molar-refractivity contribution in [2.45, 2.75) is 0 Å². The molecule has 0 bridgehead atoms. The molecule has 80 valence electrons. The van der Waals surface area contributed by atoms with E-state index < -0.39 is 0 Å². The molecule has 0 unspecified atom stereocenters.